The van der Waals surface area contributed by atoms with Gasteiger partial charge in [-0.3, -0.25) is 0 Å². The fourth-order valence-electron chi connectivity index (χ4n) is 0.380. The Morgan fingerprint density at radius 3 is 2.50 bits per heavy atom. The molecule has 12 heavy (non-hydrogen) atoms. The fourth-order valence-corrected chi connectivity index (χ4v) is 1.14. The minimum atomic E-state index is -4.90. The topological polar surface area (TPSA) is 35.5 Å². The lowest BCUT2D eigenvalue weighted by atomic mass is 10.5. The number of halogens is 3. The van der Waals surface area contributed by atoms with Crippen molar-refractivity contribution in [2.75, 3.05) is 6.61 Å². The zero-order valence-electron chi connectivity index (χ0n) is 6.48. The van der Waals surface area contributed by atoms with Crippen LogP contribution in [0.15, 0.2) is 0 Å². The van der Waals surface area contributed by atoms with Crippen molar-refractivity contribution in [3.05, 3.63) is 0 Å². The molecule has 0 fully saturated rings. The van der Waals surface area contributed by atoms with E-state index < -0.39 is 22.2 Å². The van der Waals surface area contributed by atoms with Crippen LogP contribution in [0, 0.1) is 0 Å². The van der Waals surface area contributed by atoms with Crippen molar-refractivity contribution in [1.29, 1.82) is 0 Å². The summed E-state index contributed by atoms with van der Waals surface area (Å²) in [7, 11) is -1.80. The number of hydrogen-bond donors (Lipinski definition) is 0. The lowest BCUT2D eigenvalue weighted by Gasteiger charge is -2.06. The number of carbonyl (C=O) groups is 1. The molecule has 0 aliphatic carbocycles. The highest BCUT2D eigenvalue weighted by Gasteiger charge is 2.40. The minimum absolute atomic E-state index is 0.331. The molecule has 0 bridgehead atoms. The molecule has 72 valence electrons. The summed E-state index contributed by atoms with van der Waals surface area (Å²) in [5, 5.41) is 0. The second kappa shape index (κ2) is 5.15. The van der Waals surface area contributed by atoms with Gasteiger partial charge >= 0.3 is 22.2 Å². The molecule has 0 N–H and O–H groups in total. The molecule has 0 atom stereocenters. The fraction of sp³-hybridized carbons (Fsp3) is 0.800. The van der Waals surface area contributed by atoms with Crippen LogP contribution >= 0.6 is 0 Å². The summed E-state index contributed by atoms with van der Waals surface area (Å²) >= 11 is 0. The van der Waals surface area contributed by atoms with Crippen LogP contribution in [0.5, 0.6) is 0 Å². The Hall–Kier alpha value is -0.563. The molecule has 0 saturated carbocycles. The van der Waals surface area contributed by atoms with Crippen LogP contribution in [0.1, 0.15) is 13.3 Å². The summed E-state index contributed by atoms with van der Waals surface area (Å²) in [5.74, 6) is -2.16. The van der Waals surface area contributed by atoms with Crippen LogP contribution in [-0.4, -0.2) is 28.8 Å². The van der Waals surface area contributed by atoms with E-state index in [4.69, 9.17) is 0 Å². The van der Waals surface area contributed by atoms with Crippen LogP contribution in [0.3, 0.4) is 0 Å². The monoisotopic (exact) mass is 202 g/mol. The number of carbonyl (C=O) groups excluding carboxylic acids is 1. The number of alkyl halides is 3. The quantitative estimate of drug-likeness (QED) is 0.492. The van der Waals surface area contributed by atoms with Crippen LogP contribution in [0.4, 0.5) is 13.2 Å². The second-order valence-corrected chi connectivity index (χ2v) is 2.89. The van der Waals surface area contributed by atoms with Gasteiger partial charge in [-0.15, -0.1) is 0 Å². The van der Waals surface area contributed by atoms with E-state index in [-0.39, 0.29) is 0 Å². The van der Waals surface area contributed by atoms with Gasteiger partial charge in [0.15, 0.2) is 0 Å². The zero-order valence-corrected chi connectivity index (χ0v) is 7.89. The Morgan fingerprint density at radius 2 is 2.08 bits per heavy atom. The van der Waals surface area contributed by atoms with Gasteiger partial charge in [0.25, 0.3) is 0 Å². The molecule has 0 aliphatic rings. The van der Waals surface area contributed by atoms with Crippen LogP contribution < -0.4 is 0 Å². The Bertz CT molecular complexity index is 147. The Balaban J connectivity index is 3.45. The van der Waals surface area contributed by atoms with Gasteiger partial charge in [-0.2, -0.15) is 13.2 Å². The molecule has 7 heteroatoms. The van der Waals surface area contributed by atoms with E-state index in [1.165, 1.54) is 0 Å². The SMILES string of the molecule is CCCO[SiH2]OC(=O)C(F)(F)F. The first-order valence-electron chi connectivity index (χ1n) is 3.30. The van der Waals surface area contributed by atoms with Crippen LogP contribution in [-0.2, 0) is 13.6 Å². The standard InChI is InChI=1S/C5H9F3O3Si/c1-2-3-10-12-11-4(9)5(6,7)8/h2-3,12H2,1H3. The highest BCUT2D eigenvalue weighted by molar-refractivity contribution is 6.22. The summed E-state index contributed by atoms with van der Waals surface area (Å²) in [6, 6.07) is 0. The summed E-state index contributed by atoms with van der Waals surface area (Å²) in [6.07, 6.45) is -4.21. The van der Waals surface area contributed by atoms with Gasteiger partial charge in [0.05, 0.1) is 0 Å². The largest absolute Gasteiger partial charge is 0.493 e. The first-order chi connectivity index (χ1) is 5.48. The molecule has 0 unspecified atom stereocenters. The first-order valence-corrected chi connectivity index (χ1v) is 4.45. The van der Waals surface area contributed by atoms with Gasteiger partial charge in [0, 0.05) is 6.61 Å². The molecule has 0 aromatic rings. The third-order valence-electron chi connectivity index (χ3n) is 0.853. The summed E-state index contributed by atoms with van der Waals surface area (Å²) in [4.78, 5) is 10.0. The highest BCUT2D eigenvalue weighted by atomic mass is 28.3. The molecule has 3 nitrogen and oxygen atoms in total. The highest BCUT2D eigenvalue weighted by Crippen LogP contribution is 2.15. The van der Waals surface area contributed by atoms with E-state index in [9.17, 15) is 18.0 Å². The van der Waals surface area contributed by atoms with E-state index in [0.29, 0.717) is 13.0 Å². The summed E-state index contributed by atoms with van der Waals surface area (Å²) in [6.45, 7) is 2.14. The van der Waals surface area contributed by atoms with Crippen LogP contribution in [0.25, 0.3) is 0 Å². The van der Waals surface area contributed by atoms with E-state index in [1.807, 2.05) is 0 Å². The van der Waals surface area contributed by atoms with Crippen molar-refractivity contribution in [3.8, 4) is 0 Å². The molecule has 0 spiro atoms. The first kappa shape index (κ1) is 11.4. The van der Waals surface area contributed by atoms with E-state index in [0.717, 1.165) is 0 Å². The summed E-state index contributed by atoms with van der Waals surface area (Å²) in [5.41, 5.74) is 0. The zero-order chi connectivity index (χ0) is 9.61. The van der Waals surface area contributed by atoms with Gasteiger partial charge in [-0.1, -0.05) is 6.92 Å². The van der Waals surface area contributed by atoms with Gasteiger partial charge in [-0.25, -0.2) is 4.79 Å². The maximum absolute atomic E-state index is 11.5. The number of rotatable bonds is 4. The van der Waals surface area contributed by atoms with E-state index in [1.54, 1.807) is 6.92 Å². The third-order valence-corrected chi connectivity index (χ3v) is 1.69. The predicted octanol–water partition coefficient (Wildman–Crippen LogP) is 0.517. The maximum Gasteiger partial charge on any atom is 0.489 e. The van der Waals surface area contributed by atoms with Crippen molar-refractivity contribution in [1.82, 2.24) is 0 Å². The van der Waals surface area contributed by atoms with E-state index >= 15 is 0 Å². The van der Waals surface area contributed by atoms with Crippen molar-refractivity contribution in [2.24, 2.45) is 0 Å². The Labute approximate surface area is 69.9 Å². The average Bonchev–Trinajstić information content (AvgIpc) is 1.96. The van der Waals surface area contributed by atoms with Gasteiger partial charge in [-0.05, 0) is 6.42 Å². The summed E-state index contributed by atoms with van der Waals surface area (Å²) < 4.78 is 42.9. The van der Waals surface area contributed by atoms with Crippen molar-refractivity contribution in [2.45, 2.75) is 19.5 Å². The molecule has 0 amide bonds. The molecular weight excluding hydrogens is 193 g/mol. The molecule has 0 heterocycles. The molecule has 0 rings (SSSR count). The van der Waals surface area contributed by atoms with Crippen molar-refractivity contribution < 1.29 is 26.8 Å². The predicted molar refractivity (Wildman–Crippen MR) is 36.9 cm³/mol. The lowest BCUT2D eigenvalue weighted by Crippen LogP contribution is -2.27. The van der Waals surface area contributed by atoms with Crippen molar-refractivity contribution >= 4 is 16.0 Å². The average molecular weight is 202 g/mol. The molecule has 0 aromatic carbocycles. The van der Waals surface area contributed by atoms with Gasteiger partial charge < -0.3 is 8.85 Å². The van der Waals surface area contributed by atoms with Gasteiger partial charge in [0.1, 0.15) is 0 Å². The Morgan fingerprint density at radius 1 is 1.50 bits per heavy atom. The third kappa shape index (κ3) is 5.14. The maximum atomic E-state index is 11.5. The smallest absolute Gasteiger partial charge is 0.489 e. The molecule has 0 radical (unpaired) electrons. The van der Waals surface area contributed by atoms with E-state index in [2.05, 4.69) is 8.85 Å². The lowest BCUT2D eigenvalue weighted by molar-refractivity contribution is -0.190. The molecular formula is C5H9F3O3Si. The normalized spacial score (nSPS) is 12.3. The Kier molecular flexibility index (Phi) is 4.91. The van der Waals surface area contributed by atoms with Gasteiger partial charge in [0.2, 0.25) is 0 Å². The molecule has 0 saturated heterocycles. The number of hydrogen-bond acceptors (Lipinski definition) is 3. The minimum Gasteiger partial charge on any atom is -0.493 e. The second-order valence-electron chi connectivity index (χ2n) is 1.96. The molecule has 0 aliphatic heterocycles. The van der Waals surface area contributed by atoms with Crippen LogP contribution in [0.2, 0.25) is 0 Å². The molecule has 0 aromatic heterocycles. The van der Waals surface area contributed by atoms with Crippen molar-refractivity contribution in [3.63, 3.8) is 0 Å².